The van der Waals surface area contributed by atoms with Crippen molar-refractivity contribution in [1.82, 2.24) is 14.7 Å². The van der Waals surface area contributed by atoms with Crippen molar-refractivity contribution >= 4 is 17.6 Å². The van der Waals surface area contributed by atoms with Crippen LogP contribution in [0.2, 0.25) is 0 Å². The minimum absolute atomic E-state index is 0.172. The molecule has 168 valence electrons. The fourth-order valence-electron chi connectivity index (χ4n) is 3.10. The standard InChI is InChI=1S/C24H26F2N4O2/c1-5-29(23(32)16-7-6-8-18(26)13-16)15-22(31)27-21-14-20(24(2,3)4)28-30(21)19-11-9-17(25)10-12-19/h6-14H,5,15H2,1-4H3,(H,27,31). The van der Waals surface area contributed by atoms with Gasteiger partial charge in [-0.15, -0.1) is 0 Å². The molecular formula is C24H26F2N4O2. The molecule has 0 saturated heterocycles. The summed E-state index contributed by atoms with van der Waals surface area (Å²) < 4.78 is 28.4. The number of aromatic nitrogens is 2. The number of anilines is 1. The van der Waals surface area contributed by atoms with E-state index in [9.17, 15) is 18.4 Å². The number of nitrogens with zero attached hydrogens (tertiary/aromatic N) is 3. The molecule has 0 radical (unpaired) electrons. The maximum absolute atomic E-state index is 13.5. The van der Waals surface area contributed by atoms with E-state index >= 15 is 0 Å². The predicted molar refractivity (Wildman–Crippen MR) is 119 cm³/mol. The van der Waals surface area contributed by atoms with Crippen molar-refractivity contribution in [1.29, 1.82) is 0 Å². The van der Waals surface area contributed by atoms with Gasteiger partial charge in [-0.05, 0) is 49.4 Å². The van der Waals surface area contributed by atoms with E-state index in [2.05, 4.69) is 10.4 Å². The monoisotopic (exact) mass is 440 g/mol. The van der Waals surface area contributed by atoms with Gasteiger partial charge < -0.3 is 10.2 Å². The molecule has 0 aliphatic carbocycles. The second kappa shape index (κ2) is 9.30. The fraction of sp³-hybridized carbons (Fsp3) is 0.292. The van der Waals surface area contributed by atoms with Gasteiger partial charge in [-0.3, -0.25) is 9.59 Å². The Kier molecular flexibility index (Phi) is 6.72. The predicted octanol–water partition coefficient (Wildman–Crippen LogP) is 4.55. The highest BCUT2D eigenvalue weighted by atomic mass is 19.1. The number of carbonyl (C=O) groups is 2. The molecule has 0 aliphatic rings. The zero-order valence-electron chi connectivity index (χ0n) is 18.5. The zero-order chi connectivity index (χ0) is 23.5. The molecule has 0 fully saturated rings. The van der Waals surface area contributed by atoms with E-state index in [1.165, 1.54) is 39.9 Å². The van der Waals surface area contributed by atoms with Crippen LogP contribution in [-0.4, -0.2) is 39.6 Å². The zero-order valence-corrected chi connectivity index (χ0v) is 18.5. The lowest BCUT2D eigenvalue weighted by Crippen LogP contribution is -2.38. The van der Waals surface area contributed by atoms with E-state index in [0.717, 1.165) is 11.8 Å². The summed E-state index contributed by atoms with van der Waals surface area (Å²) in [4.78, 5) is 26.8. The Morgan fingerprint density at radius 1 is 1.03 bits per heavy atom. The summed E-state index contributed by atoms with van der Waals surface area (Å²) in [6.07, 6.45) is 0. The molecule has 0 unspecified atom stereocenters. The van der Waals surface area contributed by atoms with Crippen molar-refractivity contribution in [2.75, 3.05) is 18.4 Å². The average Bonchev–Trinajstić information content (AvgIpc) is 3.16. The van der Waals surface area contributed by atoms with Crippen molar-refractivity contribution in [2.24, 2.45) is 0 Å². The minimum Gasteiger partial charge on any atom is -0.330 e. The molecule has 2 amide bonds. The van der Waals surface area contributed by atoms with Gasteiger partial charge in [0.2, 0.25) is 5.91 Å². The summed E-state index contributed by atoms with van der Waals surface area (Å²) in [7, 11) is 0. The summed E-state index contributed by atoms with van der Waals surface area (Å²) in [6.45, 7) is 7.77. The van der Waals surface area contributed by atoms with Crippen molar-refractivity contribution < 1.29 is 18.4 Å². The van der Waals surface area contributed by atoms with Crippen LogP contribution in [0.25, 0.3) is 5.69 Å². The van der Waals surface area contributed by atoms with Gasteiger partial charge in [0.15, 0.2) is 0 Å². The number of benzene rings is 2. The van der Waals surface area contributed by atoms with Crippen LogP contribution in [0.1, 0.15) is 43.7 Å². The molecule has 1 heterocycles. The molecule has 32 heavy (non-hydrogen) atoms. The lowest BCUT2D eigenvalue weighted by atomic mass is 9.92. The van der Waals surface area contributed by atoms with E-state index in [1.807, 2.05) is 20.8 Å². The third-order valence-electron chi connectivity index (χ3n) is 4.89. The van der Waals surface area contributed by atoms with Crippen molar-refractivity contribution in [3.63, 3.8) is 0 Å². The van der Waals surface area contributed by atoms with Crippen LogP contribution in [0.5, 0.6) is 0 Å². The van der Waals surface area contributed by atoms with Crippen molar-refractivity contribution in [2.45, 2.75) is 33.1 Å². The Hall–Kier alpha value is -3.55. The Labute approximate surface area is 185 Å². The second-order valence-electron chi connectivity index (χ2n) is 8.43. The maximum atomic E-state index is 13.5. The summed E-state index contributed by atoms with van der Waals surface area (Å²) in [6, 6.07) is 12.9. The molecule has 1 N–H and O–H groups in total. The first-order valence-electron chi connectivity index (χ1n) is 10.3. The summed E-state index contributed by atoms with van der Waals surface area (Å²) in [5, 5.41) is 7.38. The van der Waals surface area contributed by atoms with Gasteiger partial charge in [-0.2, -0.15) is 5.10 Å². The molecule has 0 aliphatic heterocycles. The quantitative estimate of drug-likeness (QED) is 0.612. The number of rotatable bonds is 6. The van der Waals surface area contributed by atoms with Gasteiger partial charge in [0.25, 0.3) is 5.91 Å². The Morgan fingerprint density at radius 2 is 1.72 bits per heavy atom. The summed E-state index contributed by atoms with van der Waals surface area (Å²) >= 11 is 0. The van der Waals surface area contributed by atoms with E-state index in [-0.39, 0.29) is 29.9 Å². The molecule has 0 bridgehead atoms. The highest BCUT2D eigenvalue weighted by Gasteiger charge is 2.23. The van der Waals surface area contributed by atoms with Gasteiger partial charge in [0, 0.05) is 23.6 Å². The first-order chi connectivity index (χ1) is 15.1. The van der Waals surface area contributed by atoms with Gasteiger partial charge in [-0.1, -0.05) is 26.8 Å². The van der Waals surface area contributed by atoms with Crippen LogP contribution < -0.4 is 5.32 Å². The molecule has 6 nitrogen and oxygen atoms in total. The van der Waals surface area contributed by atoms with E-state index in [1.54, 1.807) is 25.1 Å². The highest BCUT2D eigenvalue weighted by Crippen LogP contribution is 2.26. The fourth-order valence-corrected chi connectivity index (χ4v) is 3.10. The molecule has 8 heteroatoms. The molecule has 1 aromatic heterocycles. The number of hydrogen-bond acceptors (Lipinski definition) is 3. The van der Waals surface area contributed by atoms with Gasteiger partial charge in [-0.25, -0.2) is 13.5 Å². The SMILES string of the molecule is CCN(CC(=O)Nc1cc(C(C)(C)C)nn1-c1ccc(F)cc1)C(=O)c1cccc(F)c1. The highest BCUT2D eigenvalue weighted by molar-refractivity contribution is 5.99. The van der Waals surface area contributed by atoms with Crippen LogP contribution in [-0.2, 0) is 10.2 Å². The van der Waals surface area contributed by atoms with Crippen LogP contribution >= 0.6 is 0 Å². The number of carbonyl (C=O) groups excluding carboxylic acids is 2. The molecule has 3 aromatic rings. The maximum Gasteiger partial charge on any atom is 0.254 e. The van der Waals surface area contributed by atoms with Crippen molar-refractivity contribution in [3.8, 4) is 5.69 Å². The Bertz CT molecular complexity index is 1120. The Morgan fingerprint density at radius 3 is 2.31 bits per heavy atom. The van der Waals surface area contributed by atoms with Gasteiger partial charge in [0.05, 0.1) is 11.4 Å². The summed E-state index contributed by atoms with van der Waals surface area (Å²) in [5.74, 6) is -1.36. The van der Waals surface area contributed by atoms with Crippen LogP contribution in [0.4, 0.5) is 14.6 Å². The number of hydrogen-bond donors (Lipinski definition) is 1. The smallest absolute Gasteiger partial charge is 0.254 e. The van der Waals surface area contributed by atoms with Gasteiger partial charge in [0.1, 0.15) is 24.0 Å². The van der Waals surface area contributed by atoms with Crippen LogP contribution in [0, 0.1) is 11.6 Å². The Balaban J connectivity index is 1.83. The van der Waals surface area contributed by atoms with E-state index in [0.29, 0.717) is 11.5 Å². The first-order valence-corrected chi connectivity index (χ1v) is 10.3. The number of nitrogens with one attached hydrogen (secondary N) is 1. The minimum atomic E-state index is -0.519. The van der Waals surface area contributed by atoms with E-state index in [4.69, 9.17) is 0 Å². The lowest BCUT2D eigenvalue weighted by molar-refractivity contribution is -0.116. The third-order valence-corrected chi connectivity index (χ3v) is 4.89. The average molecular weight is 440 g/mol. The normalized spacial score (nSPS) is 11.3. The van der Waals surface area contributed by atoms with Crippen LogP contribution in [0.3, 0.4) is 0 Å². The van der Waals surface area contributed by atoms with Gasteiger partial charge >= 0.3 is 0 Å². The molecule has 0 spiro atoms. The lowest BCUT2D eigenvalue weighted by Gasteiger charge is -2.20. The first kappa shape index (κ1) is 23.1. The molecule has 2 aromatic carbocycles. The topological polar surface area (TPSA) is 67.2 Å². The second-order valence-corrected chi connectivity index (χ2v) is 8.43. The molecule has 3 rings (SSSR count). The third kappa shape index (κ3) is 5.38. The largest absolute Gasteiger partial charge is 0.330 e. The number of halogens is 2. The molecule has 0 atom stereocenters. The number of amides is 2. The summed E-state index contributed by atoms with van der Waals surface area (Å²) in [5.41, 5.74) is 1.21. The van der Waals surface area contributed by atoms with Crippen molar-refractivity contribution in [3.05, 3.63) is 77.5 Å². The van der Waals surface area contributed by atoms with Crippen LogP contribution in [0.15, 0.2) is 54.6 Å². The molecule has 0 saturated carbocycles. The van der Waals surface area contributed by atoms with E-state index < -0.39 is 17.6 Å². The molecular weight excluding hydrogens is 414 g/mol. The number of likely N-dealkylation sites (N-methyl/N-ethyl adjacent to an activating group) is 1.